The first-order valence-electron chi connectivity index (χ1n) is 6.57. The van der Waals surface area contributed by atoms with E-state index in [4.69, 9.17) is 9.15 Å². The van der Waals surface area contributed by atoms with Gasteiger partial charge in [0.25, 0.3) is 10.0 Å². The van der Waals surface area contributed by atoms with Crippen LogP contribution in [0.25, 0.3) is 0 Å². The molecule has 0 bridgehead atoms. The van der Waals surface area contributed by atoms with Gasteiger partial charge >= 0.3 is 11.9 Å². The Morgan fingerprint density at radius 1 is 1.17 bits per heavy atom. The zero-order valence-corrected chi connectivity index (χ0v) is 12.9. The standard InChI is InChI=1S/C14H14N2O6S/c1-2-21-14(18)10-5-7-11(8-6-10)23(19,20)16-15-13(17)12-4-3-9-22-12/h3-9,16H,2H2,1H3,(H,15,17). The predicted octanol–water partition coefficient (Wildman–Crippen LogP) is 1.08. The quantitative estimate of drug-likeness (QED) is 0.602. The number of hydrogen-bond donors (Lipinski definition) is 2. The van der Waals surface area contributed by atoms with Crippen molar-refractivity contribution < 1.29 is 27.2 Å². The highest BCUT2D eigenvalue weighted by Crippen LogP contribution is 2.11. The number of carbonyl (C=O) groups excluding carboxylic acids is 2. The van der Waals surface area contributed by atoms with E-state index in [1.165, 1.54) is 42.7 Å². The molecule has 8 nitrogen and oxygen atoms in total. The summed E-state index contributed by atoms with van der Waals surface area (Å²) >= 11 is 0. The topological polar surface area (TPSA) is 115 Å². The summed E-state index contributed by atoms with van der Waals surface area (Å²) in [6.07, 6.45) is 1.29. The van der Waals surface area contributed by atoms with Crippen LogP contribution >= 0.6 is 0 Å². The Morgan fingerprint density at radius 2 is 1.87 bits per heavy atom. The van der Waals surface area contributed by atoms with Crippen LogP contribution < -0.4 is 10.3 Å². The van der Waals surface area contributed by atoms with Gasteiger partial charge in [-0.05, 0) is 43.3 Å². The van der Waals surface area contributed by atoms with Gasteiger partial charge in [0.1, 0.15) is 0 Å². The molecule has 0 unspecified atom stereocenters. The second kappa shape index (κ2) is 7.07. The van der Waals surface area contributed by atoms with Gasteiger partial charge in [-0.2, -0.15) is 0 Å². The van der Waals surface area contributed by atoms with Crippen molar-refractivity contribution in [3.63, 3.8) is 0 Å². The van der Waals surface area contributed by atoms with E-state index in [0.717, 1.165) is 0 Å². The lowest BCUT2D eigenvalue weighted by Gasteiger charge is -2.08. The molecule has 0 aliphatic heterocycles. The molecule has 0 saturated heterocycles. The summed E-state index contributed by atoms with van der Waals surface area (Å²) < 4.78 is 33.7. The average molecular weight is 338 g/mol. The number of hydrogen-bond acceptors (Lipinski definition) is 6. The zero-order chi connectivity index (χ0) is 16.9. The Balaban J connectivity index is 2.04. The first-order chi connectivity index (χ1) is 10.9. The Morgan fingerprint density at radius 3 is 2.43 bits per heavy atom. The van der Waals surface area contributed by atoms with Crippen LogP contribution in [0, 0.1) is 0 Å². The second-order valence-electron chi connectivity index (χ2n) is 4.28. The molecule has 122 valence electrons. The van der Waals surface area contributed by atoms with Crippen molar-refractivity contribution in [3.8, 4) is 0 Å². The van der Waals surface area contributed by atoms with Crippen LogP contribution in [0.1, 0.15) is 27.8 Å². The molecule has 0 aliphatic rings. The third kappa shape index (κ3) is 4.18. The van der Waals surface area contributed by atoms with Crippen molar-refractivity contribution in [2.45, 2.75) is 11.8 Å². The molecule has 1 aromatic carbocycles. The Labute approximate surface area is 132 Å². The van der Waals surface area contributed by atoms with Gasteiger partial charge in [-0.25, -0.2) is 13.2 Å². The van der Waals surface area contributed by atoms with Crippen molar-refractivity contribution >= 4 is 21.9 Å². The normalized spacial score (nSPS) is 11.0. The smallest absolute Gasteiger partial charge is 0.338 e. The minimum atomic E-state index is -3.98. The van der Waals surface area contributed by atoms with Crippen molar-refractivity contribution in [2.75, 3.05) is 6.61 Å². The molecule has 2 rings (SSSR count). The van der Waals surface area contributed by atoms with E-state index in [2.05, 4.69) is 0 Å². The number of esters is 1. The molecule has 0 radical (unpaired) electrons. The number of amides is 1. The number of nitrogens with one attached hydrogen (secondary N) is 2. The minimum Gasteiger partial charge on any atom is -0.462 e. The van der Waals surface area contributed by atoms with Gasteiger partial charge in [0, 0.05) is 0 Å². The maximum absolute atomic E-state index is 12.0. The van der Waals surface area contributed by atoms with Gasteiger partial charge < -0.3 is 9.15 Å². The van der Waals surface area contributed by atoms with Gasteiger partial charge in [-0.3, -0.25) is 10.2 Å². The van der Waals surface area contributed by atoms with Crippen LogP contribution in [0.2, 0.25) is 0 Å². The zero-order valence-electron chi connectivity index (χ0n) is 12.1. The lowest BCUT2D eigenvalue weighted by Crippen LogP contribution is -2.41. The van der Waals surface area contributed by atoms with Crippen LogP contribution in [0.15, 0.2) is 52.0 Å². The highest BCUT2D eigenvalue weighted by atomic mass is 32.2. The SMILES string of the molecule is CCOC(=O)c1ccc(S(=O)(=O)NNC(=O)c2ccco2)cc1. The second-order valence-corrected chi connectivity index (χ2v) is 5.96. The van der Waals surface area contributed by atoms with Gasteiger partial charge in [-0.15, -0.1) is 4.83 Å². The number of sulfonamides is 1. The van der Waals surface area contributed by atoms with E-state index in [1.807, 2.05) is 10.3 Å². The molecule has 9 heteroatoms. The molecule has 0 atom stereocenters. The summed E-state index contributed by atoms with van der Waals surface area (Å²) in [6.45, 7) is 1.89. The van der Waals surface area contributed by atoms with Crippen molar-refractivity contribution in [1.82, 2.24) is 10.3 Å². The average Bonchev–Trinajstić information content (AvgIpc) is 3.07. The molecule has 23 heavy (non-hydrogen) atoms. The van der Waals surface area contributed by atoms with E-state index >= 15 is 0 Å². The molecule has 0 aliphatic carbocycles. The molecule has 2 aromatic rings. The summed E-state index contributed by atoms with van der Waals surface area (Å²) in [6, 6.07) is 7.98. The third-order valence-corrected chi connectivity index (χ3v) is 3.98. The number of benzene rings is 1. The summed E-state index contributed by atoms with van der Waals surface area (Å²) in [7, 11) is -3.98. The van der Waals surface area contributed by atoms with Crippen LogP contribution in [0.5, 0.6) is 0 Å². The first-order valence-corrected chi connectivity index (χ1v) is 8.05. The molecule has 0 spiro atoms. The molecular weight excluding hydrogens is 324 g/mol. The maximum atomic E-state index is 12.0. The minimum absolute atomic E-state index is 0.0367. The largest absolute Gasteiger partial charge is 0.462 e. The lowest BCUT2D eigenvalue weighted by molar-refractivity contribution is 0.0526. The van der Waals surface area contributed by atoms with Crippen LogP contribution in [0.4, 0.5) is 0 Å². The number of ether oxygens (including phenoxy) is 1. The molecule has 0 fully saturated rings. The Hall–Kier alpha value is -2.65. The first kappa shape index (κ1) is 16.7. The van der Waals surface area contributed by atoms with Gasteiger partial charge in [0.2, 0.25) is 0 Å². The predicted molar refractivity (Wildman–Crippen MR) is 78.9 cm³/mol. The van der Waals surface area contributed by atoms with E-state index in [0.29, 0.717) is 0 Å². The fraction of sp³-hybridized carbons (Fsp3) is 0.143. The van der Waals surface area contributed by atoms with Crippen molar-refractivity contribution in [3.05, 3.63) is 54.0 Å². The van der Waals surface area contributed by atoms with E-state index in [9.17, 15) is 18.0 Å². The highest BCUT2D eigenvalue weighted by Gasteiger charge is 2.17. The van der Waals surface area contributed by atoms with Crippen LogP contribution in [0.3, 0.4) is 0 Å². The fourth-order valence-corrected chi connectivity index (χ4v) is 2.47. The monoisotopic (exact) mass is 338 g/mol. The molecule has 1 aromatic heterocycles. The number of furan rings is 1. The summed E-state index contributed by atoms with van der Waals surface area (Å²) in [5.41, 5.74) is 2.25. The van der Waals surface area contributed by atoms with E-state index in [-0.39, 0.29) is 22.8 Å². The van der Waals surface area contributed by atoms with Crippen LogP contribution in [-0.2, 0) is 14.8 Å². The molecular formula is C14H14N2O6S. The highest BCUT2D eigenvalue weighted by molar-refractivity contribution is 7.89. The van der Waals surface area contributed by atoms with Gasteiger partial charge in [0.15, 0.2) is 5.76 Å². The number of hydrazine groups is 1. The molecule has 1 amide bonds. The van der Waals surface area contributed by atoms with Gasteiger partial charge in [-0.1, -0.05) is 0 Å². The summed E-state index contributed by atoms with van der Waals surface area (Å²) in [5.74, 6) is -1.32. The molecule has 2 N–H and O–H groups in total. The summed E-state index contributed by atoms with van der Waals surface area (Å²) in [5, 5.41) is 0. The maximum Gasteiger partial charge on any atom is 0.338 e. The lowest BCUT2D eigenvalue weighted by atomic mass is 10.2. The van der Waals surface area contributed by atoms with Gasteiger partial charge in [0.05, 0.1) is 23.3 Å². The molecule has 1 heterocycles. The fourth-order valence-electron chi connectivity index (χ4n) is 1.63. The van der Waals surface area contributed by atoms with E-state index in [1.54, 1.807) is 6.92 Å². The van der Waals surface area contributed by atoms with Crippen molar-refractivity contribution in [1.29, 1.82) is 0 Å². The Kier molecular flexibility index (Phi) is 5.14. The number of rotatable bonds is 6. The Bertz CT molecular complexity index is 781. The van der Waals surface area contributed by atoms with Crippen LogP contribution in [-0.4, -0.2) is 26.9 Å². The molecule has 0 saturated carbocycles. The van der Waals surface area contributed by atoms with Crippen molar-refractivity contribution in [2.24, 2.45) is 0 Å². The number of carbonyl (C=O) groups is 2. The van der Waals surface area contributed by atoms with E-state index < -0.39 is 21.9 Å². The summed E-state index contributed by atoms with van der Waals surface area (Å²) in [4.78, 5) is 24.9. The third-order valence-electron chi connectivity index (χ3n) is 2.72.